The number of para-hydroxylation sites is 1. The first-order valence-electron chi connectivity index (χ1n) is 17.3. The molecule has 0 radical (unpaired) electrons. The molecule has 0 fully saturated rings. The van der Waals surface area contributed by atoms with Crippen LogP contribution in [-0.2, 0) is 0 Å². The Kier molecular flexibility index (Phi) is 7.52. The number of ether oxygens (including phenoxy) is 1. The van der Waals surface area contributed by atoms with Crippen LogP contribution in [0.3, 0.4) is 0 Å². The van der Waals surface area contributed by atoms with Gasteiger partial charge in [-0.25, -0.2) is 0 Å². The van der Waals surface area contributed by atoms with Crippen molar-refractivity contribution in [1.29, 1.82) is 0 Å². The molecule has 0 bridgehead atoms. The summed E-state index contributed by atoms with van der Waals surface area (Å²) >= 11 is 0. The highest BCUT2D eigenvalue weighted by Crippen LogP contribution is 2.51. The van der Waals surface area contributed by atoms with E-state index in [4.69, 9.17) is 4.74 Å². The van der Waals surface area contributed by atoms with E-state index in [1.54, 1.807) is 0 Å². The summed E-state index contributed by atoms with van der Waals surface area (Å²) in [5.74, 6) is 1.73. The SMILES string of the molecule is C=Cc1cc2c3c(cccc3c1C=C)-c1cccc(-c3ccc(-c4cccc(-c5cccc(-c6cccc(-c7ccccc7)c6)c5)c4)cc3)c1O2. The highest BCUT2D eigenvalue weighted by atomic mass is 16.5. The summed E-state index contributed by atoms with van der Waals surface area (Å²) in [5, 5.41) is 2.24. The molecule has 0 aromatic heterocycles. The third kappa shape index (κ3) is 5.37. The monoisotopic (exact) mass is 650 g/mol. The van der Waals surface area contributed by atoms with E-state index in [0.29, 0.717) is 0 Å². The molecule has 1 heteroatoms. The lowest BCUT2D eigenvalue weighted by molar-refractivity contribution is 0.488. The predicted octanol–water partition coefficient (Wildman–Crippen LogP) is 14.2. The van der Waals surface area contributed by atoms with Gasteiger partial charge in [0.1, 0.15) is 11.5 Å². The Balaban J connectivity index is 1.03. The molecule has 0 spiro atoms. The third-order valence-electron chi connectivity index (χ3n) is 10.0. The summed E-state index contributed by atoms with van der Waals surface area (Å²) in [4.78, 5) is 0. The molecule has 0 aliphatic carbocycles. The van der Waals surface area contributed by atoms with Gasteiger partial charge in [-0.2, -0.15) is 0 Å². The highest BCUT2D eigenvalue weighted by molar-refractivity contribution is 6.09. The molecule has 1 aliphatic heterocycles. The van der Waals surface area contributed by atoms with Gasteiger partial charge in [0.25, 0.3) is 0 Å². The summed E-state index contributed by atoms with van der Waals surface area (Å²) in [6.07, 6.45) is 3.78. The van der Waals surface area contributed by atoms with Gasteiger partial charge in [0.05, 0.1) is 0 Å². The summed E-state index contributed by atoms with van der Waals surface area (Å²) < 4.78 is 6.75. The molecule has 0 saturated carbocycles. The van der Waals surface area contributed by atoms with Crippen LogP contribution in [0.4, 0.5) is 0 Å². The smallest absolute Gasteiger partial charge is 0.143 e. The Morgan fingerprint density at radius 1 is 0.373 bits per heavy atom. The van der Waals surface area contributed by atoms with Crippen LogP contribution in [0.1, 0.15) is 11.1 Å². The number of hydrogen-bond donors (Lipinski definition) is 0. The van der Waals surface area contributed by atoms with Crippen LogP contribution < -0.4 is 4.74 Å². The second kappa shape index (κ2) is 12.6. The number of hydrogen-bond acceptors (Lipinski definition) is 1. The average molecular weight is 651 g/mol. The molecule has 240 valence electrons. The first-order chi connectivity index (χ1) is 25.2. The molecular weight excluding hydrogens is 617 g/mol. The van der Waals surface area contributed by atoms with E-state index >= 15 is 0 Å². The van der Waals surface area contributed by atoms with Crippen molar-refractivity contribution < 1.29 is 4.74 Å². The lowest BCUT2D eigenvalue weighted by Crippen LogP contribution is -2.01. The zero-order chi connectivity index (χ0) is 34.3. The predicted molar refractivity (Wildman–Crippen MR) is 217 cm³/mol. The highest BCUT2D eigenvalue weighted by Gasteiger charge is 2.24. The van der Waals surface area contributed by atoms with Gasteiger partial charge in [-0.05, 0) is 96.4 Å². The molecule has 1 aliphatic rings. The van der Waals surface area contributed by atoms with Crippen molar-refractivity contribution in [3.8, 4) is 78.3 Å². The largest absolute Gasteiger partial charge is 0.455 e. The molecule has 51 heavy (non-hydrogen) atoms. The molecule has 0 saturated heterocycles. The lowest BCUT2D eigenvalue weighted by atomic mass is 9.88. The van der Waals surface area contributed by atoms with Crippen molar-refractivity contribution in [1.82, 2.24) is 0 Å². The van der Waals surface area contributed by atoms with E-state index in [1.165, 1.54) is 50.1 Å². The van der Waals surface area contributed by atoms with Crippen LogP contribution in [0.2, 0.25) is 0 Å². The van der Waals surface area contributed by atoms with Crippen LogP contribution in [-0.4, -0.2) is 0 Å². The molecule has 0 unspecified atom stereocenters. The molecule has 0 amide bonds. The maximum atomic E-state index is 6.75. The van der Waals surface area contributed by atoms with Crippen LogP contribution in [0.25, 0.3) is 89.7 Å². The van der Waals surface area contributed by atoms with Crippen molar-refractivity contribution in [2.24, 2.45) is 0 Å². The van der Waals surface area contributed by atoms with Gasteiger partial charge in [-0.1, -0.05) is 171 Å². The molecule has 1 nitrogen and oxygen atoms in total. The maximum absolute atomic E-state index is 6.75. The van der Waals surface area contributed by atoms with Crippen LogP contribution >= 0.6 is 0 Å². The fraction of sp³-hybridized carbons (Fsp3) is 0. The molecule has 0 N–H and O–H groups in total. The Morgan fingerprint density at radius 3 is 1.43 bits per heavy atom. The van der Waals surface area contributed by atoms with Gasteiger partial charge < -0.3 is 4.74 Å². The van der Waals surface area contributed by atoms with Gasteiger partial charge in [-0.15, -0.1) is 0 Å². The molecule has 8 aromatic carbocycles. The second-order valence-electron chi connectivity index (χ2n) is 13.0. The molecular formula is C50H34O. The molecule has 0 atom stereocenters. The standard InChI is InChI=1S/C50H34O/c1-3-33-32-48-49-45(43(33)4-2)22-12-23-46(49)47-24-11-21-44(50(47)51-48)36-27-25-35(26-28-36)38-16-9-18-40(30-38)42-20-10-19-41(31-42)39-17-8-15-37(29-39)34-13-6-5-7-14-34/h3-32H,1-2H2. The fourth-order valence-corrected chi connectivity index (χ4v) is 7.49. The Morgan fingerprint density at radius 2 is 0.843 bits per heavy atom. The van der Waals surface area contributed by atoms with E-state index in [9.17, 15) is 0 Å². The minimum atomic E-state index is 0.849. The number of fused-ring (bicyclic) bond motifs is 2. The summed E-state index contributed by atoms with van der Waals surface area (Å²) in [7, 11) is 0. The summed E-state index contributed by atoms with van der Waals surface area (Å²) in [5.41, 5.74) is 16.1. The summed E-state index contributed by atoms with van der Waals surface area (Å²) in [6, 6.07) is 60.8. The van der Waals surface area contributed by atoms with E-state index in [1.807, 2.05) is 12.2 Å². The van der Waals surface area contributed by atoms with E-state index in [2.05, 4.69) is 183 Å². The minimum Gasteiger partial charge on any atom is -0.455 e. The summed E-state index contributed by atoms with van der Waals surface area (Å²) in [6.45, 7) is 8.13. The van der Waals surface area contributed by atoms with Crippen molar-refractivity contribution in [2.45, 2.75) is 0 Å². The number of benzene rings is 8. The maximum Gasteiger partial charge on any atom is 0.143 e. The zero-order valence-electron chi connectivity index (χ0n) is 28.1. The van der Waals surface area contributed by atoms with Gasteiger partial charge in [0.15, 0.2) is 0 Å². The number of rotatable bonds is 7. The molecule has 8 aromatic rings. The third-order valence-corrected chi connectivity index (χ3v) is 10.0. The van der Waals surface area contributed by atoms with Crippen molar-refractivity contribution in [3.05, 3.63) is 194 Å². The Hall–Kier alpha value is -6.70. The fourth-order valence-electron chi connectivity index (χ4n) is 7.49. The van der Waals surface area contributed by atoms with Gasteiger partial charge in [0, 0.05) is 16.5 Å². The Bertz CT molecular complexity index is 2630. The van der Waals surface area contributed by atoms with Crippen molar-refractivity contribution >= 4 is 22.9 Å². The van der Waals surface area contributed by atoms with Crippen molar-refractivity contribution in [2.75, 3.05) is 0 Å². The normalized spacial score (nSPS) is 11.5. The minimum absolute atomic E-state index is 0.849. The average Bonchev–Trinajstić information content (AvgIpc) is 3.21. The molecule has 9 rings (SSSR count). The first kappa shape index (κ1) is 30.4. The topological polar surface area (TPSA) is 9.23 Å². The van der Waals surface area contributed by atoms with Crippen LogP contribution in [0.15, 0.2) is 183 Å². The van der Waals surface area contributed by atoms with E-state index in [-0.39, 0.29) is 0 Å². The lowest BCUT2D eigenvalue weighted by Gasteiger charge is -2.25. The van der Waals surface area contributed by atoms with Crippen LogP contribution in [0.5, 0.6) is 11.5 Å². The van der Waals surface area contributed by atoms with Gasteiger partial charge >= 0.3 is 0 Å². The van der Waals surface area contributed by atoms with Crippen molar-refractivity contribution in [3.63, 3.8) is 0 Å². The zero-order valence-corrected chi connectivity index (χ0v) is 28.1. The van der Waals surface area contributed by atoms with Gasteiger partial charge in [-0.3, -0.25) is 0 Å². The molecule has 1 heterocycles. The quantitative estimate of drug-likeness (QED) is 0.167. The second-order valence-corrected chi connectivity index (χ2v) is 13.0. The van der Waals surface area contributed by atoms with E-state index in [0.717, 1.165) is 50.1 Å². The van der Waals surface area contributed by atoms with Gasteiger partial charge in [0.2, 0.25) is 0 Å². The van der Waals surface area contributed by atoms with Crippen LogP contribution in [0, 0.1) is 0 Å². The first-order valence-corrected chi connectivity index (χ1v) is 17.3. The van der Waals surface area contributed by atoms with E-state index < -0.39 is 0 Å². The Labute approximate surface area is 299 Å².